The number of carbonyl (C=O) groups is 1. The third-order valence-corrected chi connectivity index (χ3v) is 4.64. The number of hydrogen-bond acceptors (Lipinski definition) is 2. The lowest BCUT2D eigenvalue weighted by Gasteiger charge is -2.28. The number of carbonyl (C=O) groups excluding carboxylic acids is 1. The summed E-state index contributed by atoms with van der Waals surface area (Å²) < 4.78 is 0. The molecule has 1 unspecified atom stereocenters. The number of hydrogen-bond donors (Lipinski definition) is 2. The maximum Gasteiger partial charge on any atom is 0.224 e. The van der Waals surface area contributed by atoms with Crippen molar-refractivity contribution < 1.29 is 4.79 Å². The van der Waals surface area contributed by atoms with E-state index in [-0.39, 0.29) is 18.3 Å². The van der Waals surface area contributed by atoms with Gasteiger partial charge in [0.05, 0.1) is 0 Å². The molecule has 4 heteroatoms. The zero-order chi connectivity index (χ0) is 15.4. The molecule has 124 valence electrons. The minimum absolute atomic E-state index is 0. The Bertz CT molecular complexity index is 487. The summed E-state index contributed by atoms with van der Waals surface area (Å²) in [4.78, 5) is 12.3. The molecular formula is C18H29ClN2O. The SMILES string of the molecule is Cc1cc(C)c(NC(=O)CC(C)C2CCNCC2)c(C)c1.Cl. The summed E-state index contributed by atoms with van der Waals surface area (Å²) in [5.74, 6) is 1.28. The molecule has 2 N–H and O–H groups in total. The van der Waals surface area contributed by atoms with E-state index in [0.29, 0.717) is 18.3 Å². The Morgan fingerprint density at radius 1 is 1.23 bits per heavy atom. The number of anilines is 1. The molecule has 1 atom stereocenters. The number of amides is 1. The van der Waals surface area contributed by atoms with E-state index in [9.17, 15) is 4.79 Å². The summed E-state index contributed by atoms with van der Waals surface area (Å²) in [7, 11) is 0. The maximum absolute atomic E-state index is 12.3. The molecule has 1 fully saturated rings. The Labute approximate surface area is 140 Å². The largest absolute Gasteiger partial charge is 0.326 e. The van der Waals surface area contributed by atoms with Crippen LogP contribution in [0.25, 0.3) is 0 Å². The fourth-order valence-electron chi connectivity index (χ4n) is 3.44. The minimum Gasteiger partial charge on any atom is -0.326 e. The molecule has 0 bridgehead atoms. The summed E-state index contributed by atoms with van der Waals surface area (Å²) >= 11 is 0. The topological polar surface area (TPSA) is 41.1 Å². The standard InChI is InChI=1S/C18H28N2O.ClH/c1-12-9-14(3)18(15(4)10-12)20-17(21)11-13(2)16-5-7-19-8-6-16;/h9-10,13,16,19H,5-8,11H2,1-4H3,(H,20,21);1H. The molecule has 0 aromatic heterocycles. The van der Waals surface area contributed by atoms with Gasteiger partial charge in [-0.05, 0) is 69.7 Å². The summed E-state index contributed by atoms with van der Waals surface area (Å²) in [5.41, 5.74) is 4.53. The number of piperidine rings is 1. The Morgan fingerprint density at radius 2 is 1.77 bits per heavy atom. The van der Waals surface area contributed by atoms with Crippen LogP contribution in [0.4, 0.5) is 5.69 Å². The average molecular weight is 325 g/mol. The number of benzene rings is 1. The Morgan fingerprint density at radius 3 is 2.32 bits per heavy atom. The van der Waals surface area contributed by atoms with Crippen LogP contribution in [0.1, 0.15) is 42.9 Å². The van der Waals surface area contributed by atoms with Crippen molar-refractivity contribution in [2.45, 2.75) is 47.0 Å². The van der Waals surface area contributed by atoms with Crippen LogP contribution in [0.3, 0.4) is 0 Å². The molecule has 1 aromatic rings. The van der Waals surface area contributed by atoms with Gasteiger partial charge >= 0.3 is 0 Å². The van der Waals surface area contributed by atoms with Crippen molar-refractivity contribution in [2.75, 3.05) is 18.4 Å². The first-order valence-electron chi connectivity index (χ1n) is 8.05. The third-order valence-electron chi connectivity index (χ3n) is 4.64. The van der Waals surface area contributed by atoms with Crippen LogP contribution in [0, 0.1) is 32.6 Å². The third kappa shape index (κ3) is 4.99. The maximum atomic E-state index is 12.3. The highest BCUT2D eigenvalue weighted by Gasteiger charge is 2.22. The monoisotopic (exact) mass is 324 g/mol. The first-order valence-corrected chi connectivity index (χ1v) is 8.05. The molecular weight excluding hydrogens is 296 g/mol. The van der Waals surface area contributed by atoms with Gasteiger partial charge in [0, 0.05) is 12.1 Å². The predicted molar refractivity (Wildman–Crippen MR) is 95.9 cm³/mol. The van der Waals surface area contributed by atoms with Gasteiger partial charge in [-0.25, -0.2) is 0 Å². The average Bonchev–Trinajstić information content (AvgIpc) is 2.43. The highest BCUT2D eigenvalue weighted by Crippen LogP contribution is 2.26. The van der Waals surface area contributed by atoms with E-state index in [1.165, 1.54) is 18.4 Å². The van der Waals surface area contributed by atoms with Crippen molar-refractivity contribution >= 4 is 24.0 Å². The van der Waals surface area contributed by atoms with Crippen molar-refractivity contribution in [3.63, 3.8) is 0 Å². The highest BCUT2D eigenvalue weighted by atomic mass is 35.5. The zero-order valence-corrected chi connectivity index (χ0v) is 15.0. The number of halogens is 1. The molecule has 1 heterocycles. The van der Waals surface area contributed by atoms with Gasteiger partial charge in [-0.1, -0.05) is 24.6 Å². The van der Waals surface area contributed by atoms with E-state index in [1.54, 1.807) is 0 Å². The predicted octanol–water partition coefficient (Wildman–Crippen LogP) is 4.00. The van der Waals surface area contributed by atoms with E-state index < -0.39 is 0 Å². The molecule has 0 aliphatic carbocycles. The van der Waals surface area contributed by atoms with Crippen molar-refractivity contribution in [1.82, 2.24) is 5.32 Å². The van der Waals surface area contributed by atoms with Gasteiger partial charge in [0.15, 0.2) is 0 Å². The number of nitrogens with one attached hydrogen (secondary N) is 2. The lowest BCUT2D eigenvalue weighted by atomic mass is 9.84. The van der Waals surface area contributed by atoms with Crippen LogP contribution in [0.5, 0.6) is 0 Å². The van der Waals surface area contributed by atoms with Crippen molar-refractivity contribution in [2.24, 2.45) is 11.8 Å². The van der Waals surface area contributed by atoms with E-state index in [2.05, 4.69) is 50.5 Å². The molecule has 1 aliphatic heterocycles. The zero-order valence-electron chi connectivity index (χ0n) is 14.2. The van der Waals surface area contributed by atoms with Gasteiger partial charge in [-0.15, -0.1) is 12.4 Å². The minimum atomic E-state index is 0. The molecule has 0 spiro atoms. The van der Waals surface area contributed by atoms with E-state index in [1.807, 2.05) is 0 Å². The van der Waals surface area contributed by atoms with Crippen LogP contribution in [0.2, 0.25) is 0 Å². The molecule has 0 saturated carbocycles. The second-order valence-corrected chi connectivity index (χ2v) is 6.59. The van der Waals surface area contributed by atoms with Crippen LogP contribution < -0.4 is 10.6 Å². The Balaban J connectivity index is 0.00000242. The van der Waals surface area contributed by atoms with Crippen LogP contribution in [-0.2, 0) is 4.79 Å². The van der Waals surface area contributed by atoms with Crippen LogP contribution >= 0.6 is 12.4 Å². The first kappa shape index (κ1) is 19.0. The van der Waals surface area contributed by atoms with Crippen molar-refractivity contribution in [3.05, 3.63) is 28.8 Å². The molecule has 2 rings (SSSR count). The van der Waals surface area contributed by atoms with Crippen LogP contribution in [0.15, 0.2) is 12.1 Å². The summed E-state index contributed by atoms with van der Waals surface area (Å²) in [5, 5.41) is 6.50. The number of rotatable bonds is 4. The van der Waals surface area contributed by atoms with E-state index in [4.69, 9.17) is 0 Å². The molecule has 22 heavy (non-hydrogen) atoms. The molecule has 1 saturated heterocycles. The summed E-state index contributed by atoms with van der Waals surface area (Å²) in [6, 6.07) is 4.25. The lowest BCUT2D eigenvalue weighted by Crippen LogP contribution is -2.32. The molecule has 1 aliphatic rings. The second kappa shape index (κ2) is 8.54. The molecule has 0 radical (unpaired) electrons. The van der Waals surface area contributed by atoms with Crippen molar-refractivity contribution in [1.29, 1.82) is 0 Å². The molecule has 3 nitrogen and oxygen atoms in total. The van der Waals surface area contributed by atoms with E-state index >= 15 is 0 Å². The normalized spacial score (nSPS) is 16.7. The lowest BCUT2D eigenvalue weighted by molar-refractivity contribution is -0.117. The fourth-order valence-corrected chi connectivity index (χ4v) is 3.44. The summed E-state index contributed by atoms with van der Waals surface area (Å²) in [6.45, 7) is 10.6. The molecule has 1 aromatic carbocycles. The Hall–Kier alpha value is -1.06. The highest BCUT2D eigenvalue weighted by molar-refractivity contribution is 5.92. The quantitative estimate of drug-likeness (QED) is 0.879. The van der Waals surface area contributed by atoms with Gasteiger partial charge in [0.1, 0.15) is 0 Å². The van der Waals surface area contributed by atoms with Crippen LogP contribution in [-0.4, -0.2) is 19.0 Å². The molecule has 1 amide bonds. The number of aryl methyl sites for hydroxylation is 3. The van der Waals surface area contributed by atoms with E-state index in [0.717, 1.165) is 29.9 Å². The first-order chi connectivity index (χ1) is 9.97. The Kier molecular flexibility index (Phi) is 7.37. The van der Waals surface area contributed by atoms with Crippen molar-refractivity contribution in [3.8, 4) is 0 Å². The van der Waals surface area contributed by atoms with Gasteiger partial charge in [0.25, 0.3) is 0 Å². The fraction of sp³-hybridized carbons (Fsp3) is 0.611. The summed E-state index contributed by atoms with van der Waals surface area (Å²) in [6.07, 6.45) is 3.01. The van der Waals surface area contributed by atoms with Gasteiger partial charge in [0.2, 0.25) is 5.91 Å². The van der Waals surface area contributed by atoms with Gasteiger partial charge in [-0.3, -0.25) is 4.79 Å². The smallest absolute Gasteiger partial charge is 0.224 e. The van der Waals surface area contributed by atoms with Gasteiger partial charge < -0.3 is 10.6 Å². The van der Waals surface area contributed by atoms with Gasteiger partial charge in [-0.2, -0.15) is 0 Å². The second-order valence-electron chi connectivity index (χ2n) is 6.59.